The Morgan fingerprint density at radius 1 is 1.70 bits per heavy atom. The molecule has 3 heteroatoms. The first kappa shape index (κ1) is 7.25. The molecule has 1 aliphatic carbocycles. The minimum absolute atomic E-state index is 0.0907. The van der Waals surface area contributed by atoms with Crippen molar-refractivity contribution in [2.75, 3.05) is 0 Å². The number of nitrogens with zero attached hydrogens (tertiary/aromatic N) is 1. The Hall–Kier alpha value is -0.860. The van der Waals surface area contributed by atoms with Gasteiger partial charge in [0.2, 0.25) is 5.91 Å². The number of hydrogen-bond acceptors (Lipinski definition) is 2. The van der Waals surface area contributed by atoms with Gasteiger partial charge in [-0.05, 0) is 18.8 Å². The van der Waals surface area contributed by atoms with Gasteiger partial charge in [-0.1, -0.05) is 6.92 Å². The molecule has 0 atom stereocenters. The van der Waals surface area contributed by atoms with Gasteiger partial charge < -0.3 is 0 Å². The predicted molar refractivity (Wildman–Crippen MR) is 39.6 cm³/mol. The quantitative estimate of drug-likeness (QED) is 0.540. The fraction of sp³-hybridized carbons (Fsp3) is 0.714. The molecular weight excluding hydrogens is 128 g/mol. The Balaban J connectivity index is 2.23. The fourth-order valence-electron chi connectivity index (χ4n) is 0.994. The van der Waals surface area contributed by atoms with E-state index < -0.39 is 0 Å². The Kier molecular flexibility index (Phi) is 2.04. The molecule has 1 amide bonds. The Labute approximate surface area is 60.5 Å². The molecule has 0 saturated heterocycles. The molecule has 1 rings (SSSR count). The summed E-state index contributed by atoms with van der Waals surface area (Å²) in [5.74, 6) is 0.666. The second-order valence-electron chi connectivity index (χ2n) is 2.86. The highest BCUT2D eigenvalue weighted by molar-refractivity contribution is 5.90. The first-order valence-electron chi connectivity index (χ1n) is 3.50. The number of hydrazone groups is 1. The van der Waals surface area contributed by atoms with Gasteiger partial charge in [0.15, 0.2) is 0 Å². The van der Waals surface area contributed by atoms with E-state index in [0.717, 1.165) is 24.5 Å². The van der Waals surface area contributed by atoms with Crippen molar-refractivity contribution in [2.24, 2.45) is 11.0 Å². The summed E-state index contributed by atoms with van der Waals surface area (Å²) in [5.41, 5.74) is 3.53. The Morgan fingerprint density at radius 3 is 2.70 bits per heavy atom. The summed E-state index contributed by atoms with van der Waals surface area (Å²) in [6.07, 6.45) is 2.08. The average molecular weight is 140 g/mol. The molecule has 0 spiro atoms. The number of carbonyl (C=O) groups is 1. The summed E-state index contributed by atoms with van der Waals surface area (Å²) in [7, 11) is 0. The number of rotatable bonds is 1. The van der Waals surface area contributed by atoms with Gasteiger partial charge in [0.05, 0.1) is 0 Å². The van der Waals surface area contributed by atoms with Crippen LogP contribution >= 0.6 is 0 Å². The molecule has 1 saturated carbocycles. The van der Waals surface area contributed by atoms with Gasteiger partial charge >= 0.3 is 0 Å². The van der Waals surface area contributed by atoms with Crippen LogP contribution in [0.4, 0.5) is 0 Å². The first-order chi connectivity index (χ1) is 4.68. The molecule has 0 heterocycles. The van der Waals surface area contributed by atoms with E-state index in [4.69, 9.17) is 0 Å². The topological polar surface area (TPSA) is 41.5 Å². The summed E-state index contributed by atoms with van der Waals surface area (Å²) < 4.78 is 0. The van der Waals surface area contributed by atoms with Crippen molar-refractivity contribution >= 4 is 11.6 Å². The van der Waals surface area contributed by atoms with Crippen LogP contribution in [0.2, 0.25) is 0 Å². The van der Waals surface area contributed by atoms with E-state index in [2.05, 4.69) is 17.5 Å². The van der Waals surface area contributed by atoms with Gasteiger partial charge in [-0.2, -0.15) is 5.10 Å². The third-order valence-corrected chi connectivity index (χ3v) is 1.54. The van der Waals surface area contributed by atoms with Gasteiger partial charge in [-0.15, -0.1) is 0 Å². The van der Waals surface area contributed by atoms with Crippen LogP contribution < -0.4 is 5.43 Å². The molecule has 0 aromatic rings. The zero-order valence-corrected chi connectivity index (χ0v) is 6.35. The largest absolute Gasteiger partial charge is 0.274 e. The summed E-state index contributed by atoms with van der Waals surface area (Å²) in [6.45, 7) is 3.64. The molecule has 0 unspecified atom stereocenters. The van der Waals surface area contributed by atoms with Crippen LogP contribution in [0.25, 0.3) is 0 Å². The lowest BCUT2D eigenvalue weighted by atomic mass is 9.85. The van der Waals surface area contributed by atoms with Crippen LogP contribution in [-0.4, -0.2) is 11.6 Å². The monoisotopic (exact) mass is 140 g/mol. The molecule has 1 N–H and O–H groups in total. The molecule has 56 valence electrons. The van der Waals surface area contributed by atoms with Crippen LogP contribution in [0, 0.1) is 5.92 Å². The van der Waals surface area contributed by atoms with Crippen molar-refractivity contribution < 1.29 is 4.79 Å². The van der Waals surface area contributed by atoms with Gasteiger partial charge in [0.25, 0.3) is 0 Å². The minimum atomic E-state index is -0.0907. The molecular formula is C7H12N2O. The van der Waals surface area contributed by atoms with Crippen molar-refractivity contribution in [2.45, 2.75) is 26.7 Å². The van der Waals surface area contributed by atoms with E-state index in [1.807, 2.05) is 0 Å². The van der Waals surface area contributed by atoms with Crippen molar-refractivity contribution in [3.63, 3.8) is 0 Å². The summed E-state index contributed by atoms with van der Waals surface area (Å²) in [6, 6.07) is 0. The molecule has 1 aliphatic rings. The molecule has 3 nitrogen and oxygen atoms in total. The van der Waals surface area contributed by atoms with Crippen molar-refractivity contribution in [3.8, 4) is 0 Å². The van der Waals surface area contributed by atoms with E-state index in [9.17, 15) is 4.79 Å². The summed E-state index contributed by atoms with van der Waals surface area (Å²) in [5, 5.41) is 3.90. The lowest BCUT2D eigenvalue weighted by Crippen LogP contribution is -2.25. The highest BCUT2D eigenvalue weighted by Crippen LogP contribution is 2.22. The standard InChI is InChI=1S/C7H12N2O/c1-5-3-7(4-5)9-8-6(2)10/h5H,3-4H2,1-2H3,(H,8,10). The van der Waals surface area contributed by atoms with Crippen LogP contribution in [0.1, 0.15) is 26.7 Å². The number of nitrogens with one attached hydrogen (secondary N) is 1. The molecule has 10 heavy (non-hydrogen) atoms. The maximum atomic E-state index is 10.4. The minimum Gasteiger partial charge on any atom is -0.274 e. The van der Waals surface area contributed by atoms with E-state index in [1.54, 1.807) is 0 Å². The first-order valence-corrected chi connectivity index (χ1v) is 3.50. The molecule has 0 radical (unpaired) electrons. The Bertz CT molecular complexity index is 166. The predicted octanol–water partition coefficient (Wildman–Crippen LogP) is 0.908. The van der Waals surface area contributed by atoms with E-state index in [-0.39, 0.29) is 5.91 Å². The van der Waals surface area contributed by atoms with Crippen LogP contribution in [0.3, 0.4) is 0 Å². The van der Waals surface area contributed by atoms with Gasteiger partial charge in [-0.25, -0.2) is 5.43 Å². The maximum Gasteiger partial charge on any atom is 0.236 e. The number of carbonyl (C=O) groups excluding carboxylic acids is 1. The van der Waals surface area contributed by atoms with Crippen molar-refractivity contribution in [1.82, 2.24) is 5.43 Å². The summed E-state index contributed by atoms with van der Waals surface area (Å²) >= 11 is 0. The fourth-order valence-corrected chi connectivity index (χ4v) is 0.994. The normalized spacial score (nSPS) is 23.4. The maximum absolute atomic E-state index is 10.4. The van der Waals surface area contributed by atoms with Crippen molar-refractivity contribution in [1.29, 1.82) is 0 Å². The van der Waals surface area contributed by atoms with Crippen molar-refractivity contribution in [3.05, 3.63) is 0 Å². The van der Waals surface area contributed by atoms with Crippen LogP contribution in [0.5, 0.6) is 0 Å². The lowest BCUT2D eigenvalue weighted by molar-refractivity contribution is -0.118. The second kappa shape index (κ2) is 2.82. The number of hydrogen-bond donors (Lipinski definition) is 1. The second-order valence-corrected chi connectivity index (χ2v) is 2.86. The highest BCUT2D eigenvalue weighted by Gasteiger charge is 2.19. The highest BCUT2D eigenvalue weighted by atomic mass is 16.2. The van der Waals surface area contributed by atoms with Crippen LogP contribution in [-0.2, 0) is 4.79 Å². The molecule has 0 aromatic carbocycles. The molecule has 0 aromatic heterocycles. The lowest BCUT2D eigenvalue weighted by Gasteiger charge is -2.22. The van der Waals surface area contributed by atoms with E-state index in [0.29, 0.717) is 0 Å². The zero-order valence-electron chi connectivity index (χ0n) is 6.35. The SMILES string of the molecule is CC(=O)NN=C1CC(C)C1. The third-order valence-electron chi connectivity index (χ3n) is 1.54. The van der Waals surface area contributed by atoms with Gasteiger partial charge in [0.1, 0.15) is 0 Å². The molecule has 0 bridgehead atoms. The smallest absolute Gasteiger partial charge is 0.236 e. The van der Waals surface area contributed by atoms with E-state index >= 15 is 0 Å². The molecule has 1 fully saturated rings. The molecule has 0 aliphatic heterocycles. The average Bonchev–Trinajstić information content (AvgIpc) is 1.77. The van der Waals surface area contributed by atoms with Crippen LogP contribution in [0.15, 0.2) is 5.10 Å². The Morgan fingerprint density at radius 2 is 2.30 bits per heavy atom. The number of amides is 1. The zero-order chi connectivity index (χ0) is 7.56. The van der Waals surface area contributed by atoms with Gasteiger partial charge in [0, 0.05) is 12.6 Å². The van der Waals surface area contributed by atoms with E-state index in [1.165, 1.54) is 6.92 Å². The summed E-state index contributed by atoms with van der Waals surface area (Å²) in [4.78, 5) is 10.4. The van der Waals surface area contributed by atoms with Gasteiger partial charge in [-0.3, -0.25) is 4.79 Å². The third kappa shape index (κ3) is 1.83.